The first-order valence-corrected chi connectivity index (χ1v) is 16.1. The fraction of sp³-hybridized carbons (Fsp3) is 0.375. The number of amides is 2. The van der Waals surface area contributed by atoms with Crippen molar-refractivity contribution in [3.05, 3.63) is 94.5 Å². The molecule has 2 aromatic carbocycles. The van der Waals surface area contributed by atoms with Crippen molar-refractivity contribution in [2.75, 3.05) is 5.75 Å². The number of terminal acetylenes is 1. The van der Waals surface area contributed by atoms with Gasteiger partial charge in [-0.15, -0.1) is 6.42 Å². The second-order valence-corrected chi connectivity index (χ2v) is 12.9. The Balaban J connectivity index is 1.73. The van der Waals surface area contributed by atoms with Crippen molar-refractivity contribution in [2.45, 2.75) is 69.7 Å². The maximum absolute atomic E-state index is 14.2. The van der Waals surface area contributed by atoms with Gasteiger partial charge in [-0.2, -0.15) is 0 Å². The van der Waals surface area contributed by atoms with E-state index in [-0.39, 0.29) is 24.7 Å². The lowest BCUT2D eigenvalue weighted by Crippen LogP contribution is -2.62. The first-order chi connectivity index (χ1) is 20.3. The molecule has 4 rings (SSSR count). The van der Waals surface area contributed by atoms with Crippen molar-refractivity contribution in [3.8, 4) is 12.3 Å². The summed E-state index contributed by atoms with van der Waals surface area (Å²) < 4.78 is 28.1. The van der Waals surface area contributed by atoms with Gasteiger partial charge < -0.3 is 4.90 Å². The number of hydroxylamine groups is 1. The van der Waals surface area contributed by atoms with Crippen molar-refractivity contribution >= 4 is 33.4 Å². The number of sulfonamides is 1. The van der Waals surface area contributed by atoms with Gasteiger partial charge in [-0.05, 0) is 49.5 Å². The third kappa shape index (κ3) is 7.69. The van der Waals surface area contributed by atoms with Crippen molar-refractivity contribution in [1.29, 1.82) is 0 Å². The van der Waals surface area contributed by atoms with Crippen molar-refractivity contribution < 1.29 is 22.8 Å². The van der Waals surface area contributed by atoms with Gasteiger partial charge in [-0.3, -0.25) is 14.4 Å². The molecule has 1 heterocycles. The summed E-state index contributed by atoms with van der Waals surface area (Å²) in [6, 6.07) is 14.9. The number of halogens is 1. The number of allylic oxidation sites excluding steroid dienone is 3. The first kappa shape index (κ1) is 31.5. The molecule has 2 N–H and O–H groups in total. The Labute approximate surface area is 253 Å². The lowest BCUT2D eigenvalue weighted by atomic mass is 9.78. The molecule has 0 spiro atoms. The topological polar surface area (TPSA) is 105 Å². The average Bonchev–Trinajstić information content (AvgIpc) is 2.98. The number of carbonyl (C=O) groups excluding carboxylic acids is 2. The molecule has 0 radical (unpaired) electrons. The van der Waals surface area contributed by atoms with E-state index in [0.29, 0.717) is 29.0 Å². The Morgan fingerprint density at radius 3 is 2.60 bits per heavy atom. The van der Waals surface area contributed by atoms with E-state index < -0.39 is 40.0 Å². The van der Waals surface area contributed by atoms with Crippen LogP contribution >= 0.6 is 11.6 Å². The minimum Gasteiger partial charge on any atom is -0.330 e. The molecular weight excluding hydrogens is 574 g/mol. The van der Waals surface area contributed by atoms with Crippen LogP contribution in [-0.2, 0) is 26.3 Å². The van der Waals surface area contributed by atoms with Gasteiger partial charge in [0.05, 0.1) is 24.3 Å². The maximum Gasteiger partial charge on any atom is 0.254 e. The second kappa shape index (κ2) is 14.7. The lowest BCUT2D eigenvalue weighted by Gasteiger charge is -2.48. The van der Waals surface area contributed by atoms with Crippen LogP contribution in [0.15, 0.2) is 77.9 Å². The predicted molar refractivity (Wildman–Crippen MR) is 164 cm³/mol. The van der Waals surface area contributed by atoms with Crippen molar-refractivity contribution in [1.82, 2.24) is 15.1 Å². The number of carbonyl (C=O) groups is 2. The molecule has 2 aromatic rings. The standard InChI is InChI=1S/C32H36ClN3O5S/c1-3-13-24(33)16-12-21-29-30(31(37)34-41-22-23-14-6-5-7-15-23)25-17-8-9-18-26(25)32(38)36(29)28-20-11-10-19-27(28)35-42(39,40)4-2/h1,5-9,12-18,27-30,35H,4,10-11,19-22H2,2H3,(H,34,37)/b16-12-,24-13+/t27-,28-,29-,30+/m0/s1. The van der Waals surface area contributed by atoms with Crippen LogP contribution in [0, 0.1) is 12.3 Å². The largest absolute Gasteiger partial charge is 0.330 e. The van der Waals surface area contributed by atoms with Gasteiger partial charge in [0.25, 0.3) is 11.8 Å². The quantitative estimate of drug-likeness (QED) is 0.216. The van der Waals surface area contributed by atoms with E-state index in [1.165, 1.54) is 6.08 Å². The molecule has 0 saturated heterocycles. The molecular formula is C32H36ClN3O5S. The summed E-state index contributed by atoms with van der Waals surface area (Å²) in [6.07, 6.45) is 13.3. The molecule has 2 amide bonds. The molecule has 222 valence electrons. The highest BCUT2D eigenvalue weighted by molar-refractivity contribution is 7.89. The first-order valence-electron chi connectivity index (χ1n) is 14.1. The Morgan fingerprint density at radius 2 is 1.86 bits per heavy atom. The minimum absolute atomic E-state index is 0.0665. The van der Waals surface area contributed by atoms with Gasteiger partial charge in [0.2, 0.25) is 10.0 Å². The van der Waals surface area contributed by atoms with Gasteiger partial charge in [0.15, 0.2) is 0 Å². The second-order valence-electron chi connectivity index (χ2n) is 10.4. The van der Waals surface area contributed by atoms with Crippen LogP contribution in [0.25, 0.3) is 0 Å². The van der Waals surface area contributed by atoms with Crippen molar-refractivity contribution in [2.24, 2.45) is 0 Å². The van der Waals surface area contributed by atoms with Crippen LogP contribution in [0.4, 0.5) is 0 Å². The van der Waals surface area contributed by atoms with E-state index in [0.717, 1.165) is 18.4 Å². The van der Waals surface area contributed by atoms with Crippen LogP contribution in [-0.4, -0.2) is 49.0 Å². The fourth-order valence-electron chi connectivity index (χ4n) is 5.75. The number of nitrogens with zero attached hydrogens (tertiary/aromatic N) is 1. The molecule has 1 aliphatic carbocycles. The molecule has 0 aromatic heterocycles. The molecule has 4 atom stereocenters. The van der Waals surface area contributed by atoms with Crippen LogP contribution in [0.2, 0.25) is 0 Å². The normalized spacial score (nSPS) is 22.9. The smallest absolute Gasteiger partial charge is 0.254 e. The number of fused-ring (bicyclic) bond motifs is 1. The molecule has 0 bridgehead atoms. The minimum atomic E-state index is -3.53. The molecule has 1 saturated carbocycles. The number of hydrogen-bond acceptors (Lipinski definition) is 5. The van der Waals surface area contributed by atoms with Gasteiger partial charge in [-0.1, -0.05) is 85.0 Å². The van der Waals surface area contributed by atoms with Gasteiger partial charge in [-0.25, -0.2) is 18.6 Å². The van der Waals surface area contributed by atoms with E-state index in [4.69, 9.17) is 22.9 Å². The zero-order valence-electron chi connectivity index (χ0n) is 23.5. The number of rotatable bonds is 11. The van der Waals surface area contributed by atoms with E-state index in [2.05, 4.69) is 16.1 Å². The van der Waals surface area contributed by atoms with Crippen LogP contribution < -0.4 is 10.2 Å². The van der Waals surface area contributed by atoms with E-state index >= 15 is 0 Å². The fourth-order valence-corrected chi connectivity index (χ4v) is 6.81. The number of nitrogens with one attached hydrogen (secondary N) is 2. The summed E-state index contributed by atoms with van der Waals surface area (Å²) in [4.78, 5) is 35.4. The lowest BCUT2D eigenvalue weighted by molar-refractivity contribution is -0.138. The zero-order valence-corrected chi connectivity index (χ0v) is 25.1. The molecule has 1 fully saturated rings. The van der Waals surface area contributed by atoms with Gasteiger partial charge >= 0.3 is 0 Å². The average molecular weight is 610 g/mol. The molecule has 2 aliphatic rings. The predicted octanol–water partition coefficient (Wildman–Crippen LogP) is 4.80. The highest BCUT2D eigenvalue weighted by atomic mass is 35.5. The Hall–Kier alpha value is -3.42. The van der Waals surface area contributed by atoms with E-state index in [1.54, 1.807) is 48.2 Å². The summed E-state index contributed by atoms with van der Waals surface area (Å²) in [5, 5.41) is 0.338. The van der Waals surface area contributed by atoms with Gasteiger partial charge in [0, 0.05) is 28.8 Å². The summed E-state index contributed by atoms with van der Waals surface area (Å²) in [7, 11) is -3.53. The summed E-state index contributed by atoms with van der Waals surface area (Å²) in [5.41, 5.74) is 4.50. The summed E-state index contributed by atoms with van der Waals surface area (Å²) in [6.45, 7) is 1.75. The Morgan fingerprint density at radius 1 is 1.14 bits per heavy atom. The summed E-state index contributed by atoms with van der Waals surface area (Å²) >= 11 is 6.21. The number of hydrogen-bond donors (Lipinski definition) is 2. The Bertz CT molecular complexity index is 1470. The van der Waals surface area contributed by atoms with Crippen molar-refractivity contribution in [3.63, 3.8) is 0 Å². The number of benzene rings is 2. The van der Waals surface area contributed by atoms with Gasteiger partial charge in [0.1, 0.15) is 0 Å². The molecule has 0 unspecified atom stereocenters. The molecule has 42 heavy (non-hydrogen) atoms. The highest BCUT2D eigenvalue weighted by Crippen LogP contribution is 2.39. The molecule has 1 aliphatic heterocycles. The van der Waals surface area contributed by atoms with Crippen LogP contribution in [0.3, 0.4) is 0 Å². The third-order valence-corrected chi connectivity index (χ3v) is 9.37. The Kier molecular flexibility index (Phi) is 11.0. The monoisotopic (exact) mass is 609 g/mol. The van der Waals surface area contributed by atoms with Crippen LogP contribution in [0.5, 0.6) is 0 Å². The SMILES string of the molecule is C#C/C=C(Cl)\C=C/C[C@H]1[C@H](C(=O)NOCc2ccccc2)c2ccccc2C(=O)N1[C@H]1CCCC[C@@H]1NS(=O)(=O)CC. The van der Waals surface area contributed by atoms with E-state index in [1.807, 2.05) is 30.3 Å². The molecule has 10 heteroatoms. The maximum atomic E-state index is 14.2. The molecule has 8 nitrogen and oxygen atoms in total. The highest BCUT2D eigenvalue weighted by Gasteiger charge is 2.47. The van der Waals surface area contributed by atoms with E-state index in [9.17, 15) is 18.0 Å². The zero-order chi connectivity index (χ0) is 30.1. The van der Waals surface area contributed by atoms with Crippen LogP contribution in [0.1, 0.15) is 66.4 Å². The summed E-state index contributed by atoms with van der Waals surface area (Å²) in [5.74, 6) is 0.878. The third-order valence-electron chi connectivity index (χ3n) is 7.71.